The average molecular weight is 261 g/mol. The lowest BCUT2D eigenvalue weighted by molar-refractivity contribution is -0.164. The third-order valence-electron chi connectivity index (χ3n) is 2.18. The highest BCUT2D eigenvalue weighted by molar-refractivity contribution is 6.30. The van der Waals surface area contributed by atoms with Crippen molar-refractivity contribution in [2.75, 3.05) is 0 Å². The number of pyridine rings is 1. The number of carbonyl (C=O) groups is 1. The molecule has 2 aromatic rings. The zero-order valence-corrected chi connectivity index (χ0v) is 9.16. The number of hydrogen-bond donors (Lipinski definition) is 1. The summed E-state index contributed by atoms with van der Waals surface area (Å²) in [6, 6.07) is 3.13. The number of alkyl halides is 2. The minimum absolute atomic E-state index is 0.000309. The Labute approximate surface area is 99.5 Å². The zero-order valence-electron chi connectivity index (χ0n) is 8.40. The number of imidazole rings is 1. The molecule has 7 heteroatoms. The number of rotatable bonds is 3. The summed E-state index contributed by atoms with van der Waals surface area (Å²) < 4.78 is 27.4. The predicted octanol–water partition coefficient (Wildman–Crippen LogP) is 2.25. The van der Waals surface area contributed by atoms with Crippen molar-refractivity contribution in [1.29, 1.82) is 0 Å². The monoisotopic (exact) mass is 260 g/mol. The molecule has 0 fully saturated rings. The summed E-state index contributed by atoms with van der Waals surface area (Å²) in [5.74, 6) is -5.98. The standard InChI is InChI=1S/C10H7ClF2N2O2/c11-6-1-2-8-14-7(5-15(8)4-6)3-10(12,13)9(16)17/h1-2,4-5H,3H2,(H,16,17). The number of fused-ring (bicyclic) bond motifs is 1. The van der Waals surface area contributed by atoms with Gasteiger partial charge in [0.1, 0.15) is 5.65 Å². The van der Waals surface area contributed by atoms with E-state index in [1.54, 1.807) is 12.1 Å². The van der Waals surface area contributed by atoms with E-state index in [-0.39, 0.29) is 5.69 Å². The second-order valence-corrected chi connectivity index (χ2v) is 3.97. The second-order valence-electron chi connectivity index (χ2n) is 3.53. The Kier molecular flexibility index (Phi) is 2.74. The van der Waals surface area contributed by atoms with Gasteiger partial charge in [-0.05, 0) is 12.1 Å². The molecule has 0 aromatic carbocycles. The van der Waals surface area contributed by atoms with E-state index in [2.05, 4.69) is 4.98 Å². The fraction of sp³-hybridized carbons (Fsp3) is 0.200. The SMILES string of the molecule is O=C(O)C(F)(F)Cc1cn2cc(Cl)ccc2n1. The molecule has 0 radical (unpaired) electrons. The third kappa shape index (κ3) is 2.36. The van der Waals surface area contributed by atoms with Gasteiger partial charge in [-0.15, -0.1) is 0 Å². The maximum atomic E-state index is 13.0. The largest absolute Gasteiger partial charge is 0.477 e. The van der Waals surface area contributed by atoms with Crippen LogP contribution in [0.25, 0.3) is 5.65 Å². The molecule has 90 valence electrons. The molecule has 0 aliphatic carbocycles. The van der Waals surface area contributed by atoms with Gasteiger partial charge < -0.3 is 9.51 Å². The molecule has 0 atom stereocenters. The topological polar surface area (TPSA) is 54.6 Å². The van der Waals surface area contributed by atoms with E-state index in [0.29, 0.717) is 10.7 Å². The van der Waals surface area contributed by atoms with Crippen molar-refractivity contribution in [1.82, 2.24) is 9.38 Å². The summed E-state index contributed by atoms with van der Waals surface area (Å²) in [4.78, 5) is 14.2. The van der Waals surface area contributed by atoms with Crippen LogP contribution in [0.5, 0.6) is 0 Å². The van der Waals surface area contributed by atoms with Crippen molar-refractivity contribution in [3.8, 4) is 0 Å². The highest BCUT2D eigenvalue weighted by Crippen LogP contribution is 2.21. The van der Waals surface area contributed by atoms with Crippen LogP contribution in [0.15, 0.2) is 24.5 Å². The van der Waals surface area contributed by atoms with Gasteiger partial charge in [0.15, 0.2) is 0 Å². The molecule has 2 heterocycles. The molecular formula is C10H7ClF2N2O2. The van der Waals surface area contributed by atoms with E-state index in [9.17, 15) is 13.6 Å². The van der Waals surface area contributed by atoms with Crippen LogP contribution in [0, 0.1) is 0 Å². The minimum atomic E-state index is -3.82. The maximum Gasteiger partial charge on any atom is 0.374 e. The predicted molar refractivity (Wildman–Crippen MR) is 56.5 cm³/mol. The van der Waals surface area contributed by atoms with Crippen molar-refractivity contribution in [2.24, 2.45) is 0 Å². The summed E-state index contributed by atoms with van der Waals surface area (Å²) in [5, 5.41) is 8.75. The van der Waals surface area contributed by atoms with Crippen molar-refractivity contribution < 1.29 is 18.7 Å². The average Bonchev–Trinajstić information content (AvgIpc) is 2.57. The number of aromatic nitrogens is 2. The Morgan fingerprint density at radius 1 is 1.47 bits per heavy atom. The van der Waals surface area contributed by atoms with Crippen LogP contribution in [0.3, 0.4) is 0 Å². The molecule has 0 bridgehead atoms. The molecule has 17 heavy (non-hydrogen) atoms. The molecular weight excluding hydrogens is 254 g/mol. The molecule has 0 saturated carbocycles. The van der Waals surface area contributed by atoms with Gasteiger partial charge in [-0.2, -0.15) is 8.78 Å². The highest BCUT2D eigenvalue weighted by Gasteiger charge is 2.39. The normalized spacial score (nSPS) is 11.9. The number of nitrogens with zero attached hydrogens (tertiary/aromatic N) is 2. The Morgan fingerprint density at radius 2 is 2.18 bits per heavy atom. The van der Waals surface area contributed by atoms with Crippen molar-refractivity contribution in [3.05, 3.63) is 35.2 Å². The summed E-state index contributed by atoms with van der Waals surface area (Å²) >= 11 is 5.72. The summed E-state index contributed by atoms with van der Waals surface area (Å²) in [6.45, 7) is 0. The zero-order chi connectivity index (χ0) is 12.6. The first-order valence-corrected chi connectivity index (χ1v) is 5.01. The van der Waals surface area contributed by atoms with E-state index in [0.717, 1.165) is 0 Å². The Hall–Kier alpha value is -1.69. The number of carboxylic acids is 1. The van der Waals surface area contributed by atoms with Gasteiger partial charge in [-0.25, -0.2) is 9.78 Å². The number of hydrogen-bond acceptors (Lipinski definition) is 2. The van der Waals surface area contributed by atoms with Crippen LogP contribution in [0.1, 0.15) is 5.69 Å². The van der Waals surface area contributed by atoms with Gasteiger partial charge in [0.05, 0.1) is 17.1 Å². The van der Waals surface area contributed by atoms with Gasteiger partial charge in [-0.1, -0.05) is 11.6 Å². The van der Waals surface area contributed by atoms with E-state index in [1.165, 1.54) is 16.8 Å². The van der Waals surface area contributed by atoms with E-state index in [4.69, 9.17) is 16.7 Å². The second kappa shape index (κ2) is 3.96. The van der Waals surface area contributed by atoms with Crippen molar-refractivity contribution >= 4 is 23.2 Å². The maximum absolute atomic E-state index is 13.0. The molecule has 0 amide bonds. The first-order chi connectivity index (χ1) is 7.88. The van der Waals surface area contributed by atoms with Gasteiger partial charge >= 0.3 is 11.9 Å². The Bertz CT molecular complexity index is 583. The van der Waals surface area contributed by atoms with Crippen LogP contribution < -0.4 is 0 Å². The van der Waals surface area contributed by atoms with Gasteiger partial charge in [0.2, 0.25) is 0 Å². The van der Waals surface area contributed by atoms with Gasteiger partial charge in [-0.3, -0.25) is 0 Å². The smallest absolute Gasteiger partial charge is 0.374 e. The van der Waals surface area contributed by atoms with Gasteiger partial charge in [0, 0.05) is 12.4 Å². The third-order valence-corrected chi connectivity index (χ3v) is 2.40. The molecule has 0 aliphatic rings. The number of aliphatic carboxylic acids is 1. The summed E-state index contributed by atoms with van der Waals surface area (Å²) in [7, 11) is 0. The molecule has 0 aliphatic heterocycles. The van der Waals surface area contributed by atoms with Crippen LogP contribution in [-0.4, -0.2) is 26.4 Å². The molecule has 2 rings (SSSR count). The lowest BCUT2D eigenvalue weighted by Crippen LogP contribution is -2.30. The minimum Gasteiger partial charge on any atom is -0.477 e. The summed E-state index contributed by atoms with van der Waals surface area (Å²) in [5.41, 5.74) is 0.435. The lowest BCUT2D eigenvalue weighted by Gasteiger charge is -2.07. The fourth-order valence-corrected chi connectivity index (χ4v) is 1.57. The molecule has 2 aromatic heterocycles. The first kappa shape index (κ1) is 11.8. The summed E-state index contributed by atoms with van der Waals surface area (Å²) in [6.07, 6.45) is 1.89. The van der Waals surface area contributed by atoms with Crippen molar-refractivity contribution in [2.45, 2.75) is 12.3 Å². The Balaban J connectivity index is 2.34. The first-order valence-electron chi connectivity index (χ1n) is 4.63. The van der Waals surface area contributed by atoms with E-state index < -0.39 is 18.3 Å². The molecule has 1 N–H and O–H groups in total. The van der Waals surface area contributed by atoms with Crippen LogP contribution >= 0.6 is 11.6 Å². The Morgan fingerprint density at radius 3 is 2.82 bits per heavy atom. The quantitative estimate of drug-likeness (QED) is 0.921. The number of halogens is 3. The fourth-order valence-electron chi connectivity index (χ4n) is 1.41. The van der Waals surface area contributed by atoms with E-state index in [1.807, 2.05) is 0 Å². The van der Waals surface area contributed by atoms with Crippen LogP contribution in [-0.2, 0) is 11.2 Å². The highest BCUT2D eigenvalue weighted by atomic mass is 35.5. The van der Waals surface area contributed by atoms with E-state index >= 15 is 0 Å². The molecule has 4 nitrogen and oxygen atoms in total. The van der Waals surface area contributed by atoms with Crippen LogP contribution in [0.4, 0.5) is 8.78 Å². The lowest BCUT2D eigenvalue weighted by atomic mass is 10.2. The van der Waals surface area contributed by atoms with Crippen LogP contribution in [0.2, 0.25) is 5.02 Å². The molecule has 0 saturated heterocycles. The van der Waals surface area contributed by atoms with Crippen molar-refractivity contribution in [3.63, 3.8) is 0 Å². The number of carboxylic acid groups (broad SMARTS) is 1. The molecule has 0 unspecified atom stereocenters. The molecule has 0 spiro atoms. The van der Waals surface area contributed by atoms with Gasteiger partial charge in [0.25, 0.3) is 0 Å².